The van der Waals surface area contributed by atoms with Crippen LogP contribution in [0.5, 0.6) is 0 Å². The molecule has 0 atom stereocenters. The number of aliphatic imine (C=N–C) groups is 1. The number of rotatable bonds is 7. The van der Waals surface area contributed by atoms with Crippen molar-refractivity contribution in [2.75, 3.05) is 13.6 Å². The molecule has 0 saturated carbocycles. The van der Waals surface area contributed by atoms with Gasteiger partial charge < -0.3 is 10.6 Å². The Morgan fingerprint density at radius 3 is 2.78 bits per heavy atom. The van der Waals surface area contributed by atoms with Crippen molar-refractivity contribution in [1.82, 2.24) is 25.4 Å². The van der Waals surface area contributed by atoms with E-state index in [1.165, 1.54) is 11.1 Å². The Morgan fingerprint density at radius 2 is 2.09 bits per heavy atom. The lowest BCUT2D eigenvalue weighted by Crippen LogP contribution is -2.37. The zero-order valence-electron chi connectivity index (χ0n) is 14.2. The van der Waals surface area contributed by atoms with E-state index in [9.17, 15) is 0 Å². The van der Waals surface area contributed by atoms with E-state index in [0.717, 1.165) is 32.0 Å². The van der Waals surface area contributed by atoms with Crippen LogP contribution >= 0.6 is 0 Å². The Kier molecular flexibility index (Phi) is 6.59. The summed E-state index contributed by atoms with van der Waals surface area (Å²) in [5.41, 5.74) is 2.42. The summed E-state index contributed by atoms with van der Waals surface area (Å²) in [5, 5.41) is 10.8. The second-order valence-electron chi connectivity index (χ2n) is 5.95. The molecule has 0 saturated heterocycles. The molecule has 0 radical (unpaired) electrons. The fourth-order valence-corrected chi connectivity index (χ4v) is 2.23. The third-order valence-electron chi connectivity index (χ3n) is 3.50. The molecule has 0 amide bonds. The summed E-state index contributed by atoms with van der Waals surface area (Å²) in [6.45, 7) is 6.85. The first-order valence-corrected chi connectivity index (χ1v) is 8.02. The van der Waals surface area contributed by atoms with Crippen LogP contribution in [0.15, 0.2) is 41.9 Å². The summed E-state index contributed by atoms with van der Waals surface area (Å²) in [7, 11) is 1.80. The molecule has 0 aliphatic heterocycles. The summed E-state index contributed by atoms with van der Waals surface area (Å²) in [4.78, 5) is 8.22. The van der Waals surface area contributed by atoms with Crippen molar-refractivity contribution in [3.05, 3.63) is 48.0 Å². The van der Waals surface area contributed by atoms with Crippen LogP contribution in [0.25, 0.3) is 0 Å². The first-order valence-electron chi connectivity index (χ1n) is 8.02. The predicted molar refractivity (Wildman–Crippen MR) is 93.2 cm³/mol. The molecular formula is C17H26N6. The van der Waals surface area contributed by atoms with Gasteiger partial charge in [-0.15, -0.1) is 0 Å². The Balaban J connectivity index is 1.84. The normalized spacial score (nSPS) is 11.7. The molecule has 23 heavy (non-hydrogen) atoms. The van der Waals surface area contributed by atoms with Gasteiger partial charge in [-0.3, -0.25) is 4.99 Å². The Labute approximate surface area is 138 Å². The van der Waals surface area contributed by atoms with Gasteiger partial charge in [-0.05, 0) is 23.5 Å². The molecule has 0 aliphatic rings. The zero-order chi connectivity index (χ0) is 16.5. The molecule has 6 nitrogen and oxygen atoms in total. The van der Waals surface area contributed by atoms with E-state index in [2.05, 4.69) is 63.8 Å². The van der Waals surface area contributed by atoms with Crippen molar-refractivity contribution >= 4 is 5.96 Å². The van der Waals surface area contributed by atoms with Gasteiger partial charge in [0.05, 0.1) is 6.54 Å². The monoisotopic (exact) mass is 314 g/mol. The number of nitrogens with one attached hydrogen (secondary N) is 2. The van der Waals surface area contributed by atoms with Crippen LogP contribution in [0, 0.1) is 5.92 Å². The summed E-state index contributed by atoms with van der Waals surface area (Å²) in [6, 6.07) is 8.45. The molecule has 0 aliphatic carbocycles. The molecule has 1 heterocycles. The van der Waals surface area contributed by atoms with Crippen LogP contribution in [0.3, 0.4) is 0 Å². The molecule has 0 spiro atoms. The molecule has 2 rings (SSSR count). The van der Waals surface area contributed by atoms with E-state index >= 15 is 0 Å². The number of hydrogen-bond donors (Lipinski definition) is 2. The lowest BCUT2D eigenvalue weighted by molar-refractivity contribution is 0.573. The lowest BCUT2D eigenvalue weighted by Gasteiger charge is -2.13. The molecule has 0 unspecified atom stereocenters. The minimum absolute atomic E-state index is 0.689. The van der Waals surface area contributed by atoms with Gasteiger partial charge >= 0.3 is 0 Å². The van der Waals surface area contributed by atoms with Gasteiger partial charge in [0.15, 0.2) is 5.96 Å². The van der Waals surface area contributed by atoms with Gasteiger partial charge in [0.25, 0.3) is 0 Å². The van der Waals surface area contributed by atoms with Crippen molar-refractivity contribution in [3.8, 4) is 0 Å². The van der Waals surface area contributed by atoms with Gasteiger partial charge in [0.2, 0.25) is 0 Å². The van der Waals surface area contributed by atoms with Crippen molar-refractivity contribution in [3.63, 3.8) is 0 Å². The highest BCUT2D eigenvalue weighted by atomic mass is 15.3. The highest BCUT2D eigenvalue weighted by molar-refractivity contribution is 5.79. The van der Waals surface area contributed by atoms with Crippen LogP contribution in [0.4, 0.5) is 0 Å². The maximum atomic E-state index is 4.26. The third kappa shape index (κ3) is 6.10. The quantitative estimate of drug-likeness (QED) is 0.606. The largest absolute Gasteiger partial charge is 0.356 e. The van der Waals surface area contributed by atoms with Crippen LogP contribution in [0.1, 0.15) is 31.4 Å². The van der Waals surface area contributed by atoms with Gasteiger partial charge in [0, 0.05) is 20.1 Å². The lowest BCUT2D eigenvalue weighted by atomic mass is 10.1. The standard InChI is InChI=1S/C17H26N6/c1-14(2)7-8-20-17(18-3)21-10-15-5-4-6-16(9-15)11-23-13-19-12-22-23/h4-6,9,12-14H,7-8,10-11H2,1-3H3,(H2,18,20,21). The Morgan fingerprint density at radius 1 is 1.26 bits per heavy atom. The van der Waals surface area contributed by atoms with Crippen molar-refractivity contribution in [1.29, 1.82) is 0 Å². The van der Waals surface area contributed by atoms with Crippen LogP contribution < -0.4 is 10.6 Å². The summed E-state index contributed by atoms with van der Waals surface area (Å²) in [6.07, 6.45) is 4.41. The zero-order valence-corrected chi connectivity index (χ0v) is 14.2. The van der Waals surface area contributed by atoms with Gasteiger partial charge in [-0.25, -0.2) is 9.67 Å². The fourth-order valence-electron chi connectivity index (χ4n) is 2.23. The number of hydrogen-bond acceptors (Lipinski definition) is 3. The van der Waals surface area contributed by atoms with E-state index in [1.807, 2.05) is 4.68 Å². The molecule has 1 aromatic heterocycles. The second kappa shape index (κ2) is 8.92. The van der Waals surface area contributed by atoms with Crippen LogP contribution in [-0.2, 0) is 13.1 Å². The molecule has 6 heteroatoms. The van der Waals surface area contributed by atoms with Crippen LogP contribution in [0.2, 0.25) is 0 Å². The van der Waals surface area contributed by atoms with Crippen molar-refractivity contribution in [2.24, 2.45) is 10.9 Å². The fraction of sp³-hybridized carbons (Fsp3) is 0.471. The minimum Gasteiger partial charge on any atom is -0.356 e. The topological polar surface area (TPSA) is 67.1 Å². The molecule has 2 aromatic rings. The number of benzene rings is 1. The molecule has 2 N–H and O–H groups in total. The van der Waals surface area contributed by atoms with E-state index in [4.69, 9.17) is 0 Å². The summed E-state index contributed by atoms with van der Waals surface area (Å²) < 4.78 is 1.82. The average Bonchev–Trinajstić information content (AvgIpc) is 3.03. The second-order valence-corrected chi connectivity index (χ2v) is 5.95. The SMILES string of the molecule is CN=C(NCCC(C)C)NCc1cccc(Cn2cncn2)c1. The third-order valence-corrected chi connectivity index (χ3v) is 3.50. The first kappa shape index (κ1) is 17.0. The highest BCUT2D eigenvalue weighted by Gasteiger charge is 2.01. The van der Waals surface area contributed by atoms with Gasteiger partial charge in [-0.2, -0.15) is 5.10 Å². The van der Waals surface area contributed by atoms with Crippen molar-refractivity contribution in [2.45, 2.75) is 33.4 Å². The number of aromatic nitrogens is 3. The molecule has 0 bridgehead atoms. The van der Waals surface area contributed by atoms with E-state index in [1.54, 1.807) is 19.7 Å². The minimum atomic E-state index is 0.689. The first-order chi connectivity index (χ1) is 11.2. The highest BCUT2D eigenvalue weighted by Crippen LogP contribution is 2.06. The molecule has 124 valence electrons. The van der Waals surface area contributed by atoms with E-state index in [0.29, 0.717) is 5.92 Å². The number of nitrogens with zero attached hydrogens (tertiary/aromatic N) is 4. The maximum Gasteiger partial charge on any atom is 0.191 e. The van der Waals surface area contributed by atoms with Crippen molar-refractivity contribution < 1.29 is 0 Å². The molecular weight excluding hydrogens is 288 g/mol. The predicted octanol–water partition coefficient (Wildman–Crippen LogP) is 2.04. The Hall–Kier alpha value is -2.37. The summed E-state index contributed by atoms with van der Waals surface area (Å²) >= 11 is 0. The van der Waals surface area contributed by atoms with Gasteiger partial charge in [0.1, 0.15) is 12.7 Å². The van der Waals surface area contributed by atoms with E-state index < -0.39 is 0 Å². The maximum absolute atomic E-state index is 4.26. The Bertz CT molecular complexity index is 603. The molecule has 0 fully saturated rings. The summed E-state index contributed by atoms with van der Waals surface area (Å²) in [5.74, 6) is 1.53. The van der Waals surface area contributed by atoms with Gasteiger partial charge in [-0.1, -0.05) is 38.1 Å². The number of guanidine groups is 1. The smallest absolute Gasteiger partial charge is 0.191 e. The molecule has 1 aromatic carbocycles. The van der Waals surface area contributed by atoms with E-state index in [-0.39, 0.29) is 0 Å². The average molecular weight is 314 g/mol. The van der Waals surface area contributed by atoms with Crippen LogP contribution in [-0.4, -0.2) is 34.3 Å².